The van der Waals surface area contributed by atoms with Crippen LogP contribution in [0.4, 0.5) is 5.95 Å². The molecule has 2 aromatic heterocycles. The number of hydrogen-bond donors (Lipinski definition) is 2. The van der Waals surface area contributed by atoms with Crippen molar-refractivity contribution < 1.29 is 0 Å². The van der Waals surface area contributed by atoms with Gasteiger partial charge in [0.1, 0.15) is 0 Å². The second-order valence-corrected chi connectivity index (χ2v) is 4.87. The van der Waals surface area contributed by atoms with Crippen molar-refractivity contribution in [2.45, 2.75) is 19.3 Å². The van der Waals surface area contributed by atoms with Crippen LogP contribution in [0.15, 0.2) is 35.4 Å². The van der Waals surface area contributed by atoms with E-state index in [0.717, 1.165) is 31.4 Å². The van der Waals surface area contributed by atoms with Crippen molar-refractivity contribution in [1.82, 2.24) is 14.5 Å². The van der Waals surface area contributed by atoms with Gasteiger partial charge >= 0.3 is 0 Å². The van der Waals surface area contributed by atoms with E-state index in [-0.39, 0.29) is 5.56 Å². The number of rotatable bonds is 7. The monoisotopic (exact) mass is 287 g/mol. The first-order valence-corrected chi connectivity index (χ1v) is 7.15. The Morgan fingerprint density at radius 2 is 2.00 bits per heavy atom. The average molecular weight is 287 g/mol. The average Bonchev–Trinajstić information content (AvgIpc) is 2.51. The molecule has 112 valence electrons. The molecule has 6 heteroatoms. The molecule has 2 heterocycles. The summed E-state index contributed by atoms with van der Waals surface area (Å²) in [5, 5.41) is 3.22. The van der Waals surface area contributed by atoms with Gasteiger partial charge in [-0.2, -0.15) is 0 Å². The number of anilines is 1. The smallest absolute Gasteiger partial charge is 0.255 e. The van der Waals surface area contributed by atoms with E-state index in [1.807, 2.05) is 12.1 Å². The zero-order valence-electron chi connectivity index (χ0n) is 12.2. The van der Waals surface area contributed by atoms with E-state index in [2.05, 4.69) is 15.3 Å². The van der Waals surface area contributed by atoms with Crippen molar-refractivity contribution in [3.8, 4) is 11.3 Å². The van der Waals surface area contributed by atoms with E-state index in [4.69, 9.17) is 5.73 Å². The third-order valence-corrected chi connectivity index (χ3v) is 3.27. The zero-order valence-corrected chi connectivity index (χ0v) is 12.2. The molecule has 0 amide bonds. The van der Waals surface area contributed by atoms with Crippen LogP contribution < -0.4 is 16.6 Å². The molecule has 0 atom stereocenters. The minimum Gasteiger partial charge on any atom is -0.356 e. The van der Waals surface area contributed by atoms with E-state index in [1.165, 1.54) is 10.6 Å². The van der Waals surface area contributed by atoms with Crippen LogP contribution in [0.3, 0.4) is 0 Å². The Labute approximate surface area is 124 Å². The molecule has 0 aliphatic carbocycles. The highest BCUT2D eigenvalue weighted by Gasteiger charge is 2.07. The molecule has 2 rings (SSSR count). The van der Waals surface area contributed by atoms with Crippen molar-refractivity contribution in [3.63, 3.8) is 0 Å². The topological polar surface area (TPSA) is 85.8 Å². The van der Waals surface area contributed by atoms with E-state index in [1.54, 1.807) is 19.4 Å². The summed E-state index contributed by atoms with van der Waals surface area (Å²) >= 11 is 0. The molecule has 21 heavy (non-hydrogen) atoms. The van der Waals surface area contributed by atoms with Crippen LogP contribution in [0.1, 0.15) is 19.3 Å². The lowest BCUT2D eigenvalue weighted by molar-refractivity contribution is 0.700. The molecule has 0 bridgehead atoms. The third-order valence-electron chi connectivity index (χ3n) is 3.27. The summed E-state index contributed by atoms with van der Waals surface area (Å²) in [6, 6.07) is 5.22. The Kier molecular flexibility index (Phi) is 5.45. The summed E-state index contributed by atoms with van der Waals surface area (Å²) in [5.41, 5.74) is 6.93. The molecule has 6 nitrogen and oxygen atoms in total. The molecule has 0 aliphatic rings. The number of pyridine rings is 1. The molecule has 2 aromatic rings. The van der Waals surface area contributed by atoms with Crippen LogP contribution in [0, 0.1) is 0 Å². The van der Waals surface area contributed by atoms with E-state index in [9.17, 15) is 4.79 Å². The predicted octanol–water partition coefficient (Wildman–Crippen LogP) is 1.38. The molecule has 0 spiro atoms. The van der Waals surface area contributed by atoms with Crippen molar-refractivity contribution in [2.24, 2.45) is 12.8 Å². The molecule has 0 fully saturated rings. The molecular weight excluding hydrogens is 266 g/mol. The molecule has 3 N–H and O–H groups in total. The number of nitrogens with zero attached hydrogens (tertiary/aromatic N) is 3. The fourth-order valence-corrected chi connectivity index (χ4v) is 2.01. The van der Waals surface area contributed by atoms with Gasteiger partial charge in [-0.15, -0.1) is 0 Å². The Morgan fingerprint density at radius 1 is 1.24 bits per heavy atom. The van der Waals surface area contributed by atoms with Crippen LogP contribution in [-0.2, 0) is 7.05 Å². The second-order valence-electron chi connectivity index (χ2n) is 4.87. The fraction of sp³-hybridized carbons (Fsp3) is 0.400. The number of hydrogen-bond acceptors (Lipinski definition) is 5. The zero-order chi connectivity index (χ0) is 15.1. The molecule has 0 aromatic carbocycles. The van der Waals surface area contributed by atoms with Gasteiger partial charge in [0.15, 0.2) is 0 Å². The van der Waals surface area contributed by atoms with Crippen LogP contribution in [0.25, 0.3) is 11.3 Å². The van der Waals surface area contributed by atoms with Crippen molar-refractivity contribution in [1.29, 1.82) is 0 Å². The summed E-state index contributed by atoms with van der Waals surface area (Å²) in [7, 11) is 1.72. The number of aromatic nitrogens is 3. The summed E-state index contributed by atoms with van der Waals surface area (Å²) in [4.78, 5) is 20.5. The Morgan fingerprint density at radius 3 is 2.71 bits per heavy atom. The minimum absolute atomic E-state index is 0.0822. The maximum atomic E-state index is 12.0. The third kappa shape index (κ3) is 4.13. The van der Waals surface area contributed by atoms with Gasteiger partial charge in [-0.1, -0.05) is 6.42 Å². The maximum Gasteiger partial charge on any atom is 0.255 e. The van der Waals surface area contributed by atoms with Crippen LogP contribution in [0.5, 0.6) is 0 Å². The van der Waals surface area contributed by atoms with Crippen LogP contribution in [-0.4, -0.2) is 27.6 Å². The largest absolute Gasteiger partial charge is 0.356 e. The van der Waals surface area contributed by atoms with Gasteiger partial charge in [-0.3, -0.25) is 14.3 Å². The Hall–Kier alpha value is -2.21. The highest BCUT2D eigenvalue weighted by Crippen LogP contribution is 2.15. The standard InChI is InChI=1S/C15H21N5O/c1-20-14(21)11-13(12-5-9-17-10-6-12)19-15(20)18-8-4-2-3-7-16/h5-6,9-11H,2-4,7-8,16H2,1H3,(H,18,19). The SMILES string of the molecule is Cn1c(NCCCCCN)nc(-c2ccncc2)cc1=O. The van der Waals surface area contributed by atoms with Gasteiger partial charge < -0.3 is 11.1 Å². The number of nitrogens with two attached hydrogens (primary N) is 1. The molecule has 0 saturated carbocycles. The summed E-state index contributed by atoms with van der Waals surface area (Å²) in [5.74, 6) is 0.585. The number of unbranched alkanes of at least 4 members (excludes halogenated alkanes) is 2. The number of nitrogens with one attached hydrogen (secondary N) is 1. The predicted molar refractivity (Wildman–Crippen MR) is 84.1 cm³/mol. The molecule has 0 unspecified atom stereocenters. The lowest BCUT2D eigenvalue weighted by atomic mass is 10.2. The van der Waals surface area contributed by atoms with Crippen molar-refractivity contribution in [3.05, 3.63) is 40.9 Å². The van der Waals surface area contributed by atoms with Gasteiger partial charge in [-0.05, 0) is 31.5 Å². The summed E-state index contributed by atoms with van der Waals surface area (Å²) in [6.45, 7) is 1.49. The highest BCUT2D eigenvalue weighted by molar-refractivity contribution is 5.59. The van der Waals surface area contributed by atoms with Crippen LogP contribution >= 0.6 is 0 Å². The van der Waals surface area contributed by atoms with E-state index in [0.29, 0.717) is 18.2 Å². The molecular formula is C15H21N5O. The normalized spacial score (nSPS) is 10.6. The minimum atomic E-state index is -0.0822. The lowest BCUT2D eigenvalue weighted by Crippen LogP contribution is -2.22. The highest BCUT2D eigenvalue weighted by atomic mass is 16.1. The first-order chi connectivity index (χ1) is 10.2. The first-order valence-electron chi connectivity index (χ1n) is 7.15. The summed E-state index contributed by atoms with van der Waals surface area (Å²) < 4.78 is 1.52. The Balaban J connectivity index is 2.14. The van der Waals surface area contributed by atoms with Crippen LogP contribution in [0.2, 0.25) is 0 Å². The van der Waals surface area contributed by atoms with Gasteiger partial charge in [-0.25, -0.2) is 4.98 Å². The fourth-order valence-electron chi connectivity index (χ4n) is 2.01. The molecule has 0 saturated heterocycles. The quantitative estimate of drug-likeness (QED) is 0.751. The van der Waals surface area contributed by atoms with Gasteiger partial charge in [0.25, 0.3) is 5.56 Å². The van der Waals surface area contributed by atoms with E-state index >= 15 is 0 Å². The lowest BCUT2D eigenvalue weighted by Gasteiger charge is -2.11. The van der Waals surface area contributed by atoms with Crippen molar-refractivity contribution >= 4 is 5.95 Å². The summed E-state index contributed by atoms with van der Waals surface area (Å²) in [6.07, 6.45) is 6.47. The van der Waals surface area contributed by atoms with E-state index < -0.39 is 0 Å². The maximum absolute atomic E-state index is 12.0. The first kappa shape index (κ1) is 15.2. The Bertz CT molecular complexity index is 624. The molecule has 0 aliphatic heterocycles. The van der Waals surface area contributed by atoms with Crippen molar-refractivity contribution in [2.75, 3.05) is 18.4 Å². The second kappa shape index (κ2) is 7.54. The van der Waals surface area contributed by atoms with Gasteiger partial charge in [0.05, 0.1) is 5.69 Å². The van der Waals surface area contributed by atoms with Gasteiger partial charge in [0.2, 0.25) is 5.95 Å². The van der Waals surface area contributed by atoms with Gasteiger partial charge in [0, 0.05) is 37.6 Å². The molecule has 0 radical (unpaired) electrons.